The monoisotopic (exact) mass is 824 g/mol. The normalized spacial score (nSPS) is 14.5. The van der Waals surface area contributed by atoms with Crippen molar-refractivity contribution in [2.45, 2.75) is 193 Å². The van der Waals surface area contributed by atoms with E-state index in [4.69, 9.17) is 29.4 Å². The predicted octanol–water partition coefficient (Wildman–Crippen LogP) is 12.4. The van der Waals surface area contributed by atoms with Crippen LogP contribution in [-0.2, 0) is 32.7 Å². The molecule has 0 radical (unpaired) electrons. The number of ether oxygens (including phenoxy) is 2. The van der Waals surface area contributed by atoms with E-state index in [2.05, 4.69) is 74.6 Å². The van der Waals surface area contributed by atoms with Crippen LogP contribution in [-0.4, -0.2) is 60.5 Å². The molecular formula is C46H82NO9P. The fourth-order valence-corrected chi connectivity index (χ4v) is 6.64. The lowest BCUT2D eigenvalue weighted by Gasteiger charge is -2.20. The number of hydrogen-bond acceptors (Lipinski definition) is 8. The quantitative estimate of drug-likeness (QED) is 0.0234. The van der Waals surface area contributed by atoms with Gasteiger partial charge in [0.15, 0.2) is 0 Å². The average molecular weight is 824 g/mol. The van der Waals surface area contributed by atoms with Crippen LogP contribution >= 0.6 is 7.82 Å². The highest BCUT2D eigenvalue weighted by atomic mass is 31.2. The van der Waals surface area contributed by atoms with Crippen molar-refractivity contribution in [1.82, 2.24) is 0 Å². The van der Waals surface area contributed by atoms with Gasteiger partial charge >= 0.3 is 19.8 Å². The van der Waals surface area contributed by atoms with Gasteiger partial charge in [0.2, 0.25) is 0 Å². The molecule has 0 rings (SSSR count). The largest absolute Gasteiger partial charge is 0.480 e. The fourth-order valence-electron chi connectivity index (χ4n) is 5.87. The predicted molar refractivity (Wildman–Crippen MR) is 235 cm³/mol. The van der Waals surface area contributed by atoms with E-state index >= 15 is 0 Å². The maximum Gasteiger partial charge on any atom is 0.472 e. The molecule has 0 aliphatic carbocycles. The first-order valence-corrected chi connectivity index (χ1v) is 23.8. The molecular weight excluding hydrogens is 741 g/mol. The van der Waals surface area contributed by atoms with Gasteiger partial charge in [0.05, 0.1) is 19.8 Å². The molecule has 4 N–H and O–H groups in total. The number of unbranched alkanes of at least 4 members (excludes halogenated alkanes) is 18. The van der Waals surface area contributed by atoms with Crippen LogP contribution in [0.3, 0.4) is 0 Å². The summed E-state index contributed by atoms with van der Waals surface area (Å²) in [6.07, 6.45) is 49.8. The third-order valence-electron chi connectivity index (χ3n) is 9.31. The first-order valence-electron chi connectivity index (χ1n) is 22.3. The van der Waals surface area contributed by atoms with Crippen molar-refractivity contribution in [3.05, 3.63) is 60.8 Å². The molecule has 0 aromatic carbocycles. The molecule has 0 bridgehead atoms. The van der Waals surface area contributed by atoms with Crippen molar-refractivity contribution in [3.8, 4) is 0 Å². The summed E-state index contributed by atoms with van der Waals surface area (Å²) in [6.45, 7) is 3.73. The lowest BCUT2D eigenvalue weighted by Crippen LogP contribution is -2.34. The molecule has 0 saturated heterocycles. The van der Waals surface area contributed by atoms with Crippen LogP contribution in [0, 0.1) is 0 Å². The number of hydrogen-bond donors (Lipinski definition) is 3. The Labute approximate surface area is 347 Å². The minimum Gasteiger partial charge on any atom is -0.480 e. The Bertz CT molecular complexity index is 1140. The third-order valence-corrected chi connectivity index (χ3v) is 10.3. The Morgan fingerprint density at radius 1 is 0.579 bits per heavy atom. The Morgan fingerprint density at radius 3 is 1.53 bits per heavy atom. The van der Waals surface area contributed by atoms with Gasteiger partial charge in [0.1, 0.15) is 12.1 Å². The van der Waals surface area contributed by atoms with Gasteiger partial charge in [-0.25, -0.2) is 4.57 Å². The Kier molecular flexibility index (Phi) is 40.1. The lowest BCUT2D eigenvalue weighted by molar-refractivity contribution is -0.154. The zero-order valence-electron chi connectivity index (χ0n) is 35.9. The summed E-state index contributed by atoms with van der Waals surface area (Å²) < 4.78 is 33.3. The molecule has 57 heavy (non-hydrogen) atoms. The molecule has 11 heteroatoms. The first-order chi connectivity index (χ1) is 27.7. The molecule has 0 aliphatic heterocycles. The van der Waals surface area contributed by atoms with Crippen LogP contribution in [0.1, 0.15) is 181 Å². The number of aliphatic carboxylic acids is 1. The second-order valence-electron chi connectivity index (χ2n) is 14.8. The van der Waals surface area contributed by atoms with Crippen molar-refractivity contribution in [3.63, 3.8) is 0 Å². The van der Waals surface area contributed by atoms with Crippen LogP contribution in [0.25, 0.3) is 0 Å². The number of nitrogens with two attached hydrogens (primary N) is 1. The summed E-state index contributed by atoms with van der Waals surface area (Å²) in [5.74, 6) is -1.79. The molecule has 0 aromatic rings. The smallest absolute Gasteiger partial charge is 0.472 e. The molecule has 10 nitrogen and oxygen atoms in total. The third kappa shape index (κ3) is 41.6. The standard InChI is InChI=1S/C46H82NO9P/c1-3-5-7-9-11-13-15-17-18-19-20-21-22-23-24-25-27-29-31-33-35-37-39-53-40-43(41-54-57(51,52)55-42-44(47)46(49)50)56-45(48)38-36-34-32-30-28-26-16-14-12-10-8-6-4-2/h5,7,11,13,17-18,20-21,23-24,43-44H,3-4,6,8-10,12,14-16,19,22,25-42,47H2,1-2H3,(H,49,50)(H,51,52)/b7-5-,13-11-,18-17-,21-20-,24-23-. The molecule has 0 spiro atoms. The van der Waals surface area contributed by atoms with Gasteiger partial charge in [-0.2, -0.15) is 0 Å². The van der Waals surface area contributed by atoms with Gasteiger partial charge in [0.25, 0.3) is 0 Å². The summed E-state index contributed by atoms with van der Waals surface area (Å²) in [4.78, 5) is 33.5. The number of carboxylic acids is 1. The molecule has 330 valence electrons. The van der Waals surface area contributed by atoms with Gasteiger partial charge in [-0.15, -0.1) is 0 Å². The number of carbonyl (C=O) groups excluding carboxylic acids is 1. The average Bonchev–Trinajstić information content (AvgIpc) is 3.19. The minimum absolute atomic E-state index is 0.00618. The lowest BCUT2D eigenvalue weighted by atomic mass is 10.0. The van der Waals surface area contributed by atoms with Crippen LogP contribution in [0.5, 0.6) is 0 Å². The maximum absolute atomic E-state index is 12.6. The Hall–Kier alpha value is -2.33. The van der Waals surface area contributed by atoms with E-state index in [1.165, 1.54) is 70.6 Å². The molecule has 0 amide bonds. The van der Waals surface area contributed by atoms with Crippen LogP contribution in [0.4, 0.5) is 0 Å². The number of allylic oxidation sites excluding steroid dienone is 10. The van der Waals surface area contributed by atoms with E-state index in [0.717, 1.165) is 83.5 Å². The van der Waals surface area contributed by atoms with Gasteiger partial charge in [-0.05, 0) is 57.8 Å². The van der Waals surface area contributed by atoms with E-state index in [1.807, 2.05) is 0 Å². The highest BCUT2D eigenvalue weighted by Crippen LogP contribution is 2.43. The number of esters is 1. The zero-order valence-corrected chi connectivity index (χ0v) is 36.8. The summed E-state index contributed by atoms with van der Waals surface area (Å²) in [5.41, 5.74) is 5.35. The molecule has 0 fully saturated rings. The number of carbonyl (C=O) groups is 2. The van der Waals surface area contributed by atoms with E-state index < -0.39 is 45.1 Å². The summed E-state index contributed by atoms with van der Waals surface area (Å²) in [7, 11) is -4.62. The molecule has 3 unspecified atom stereocenters. The van der Waals surface area contributed by atoms with Crippen molar-refractivity contribution in [1.29, 1.82) is 0 Å². The number of phosphoric ester groups is 1. The number of rotatable bonds is 42. The van der Waals surface area contributed by atoms with Crippen LogP contribution < -0.4 is 5.73 Å². The van der Waals surface area contributed by atoms with Crippen molar-refractivity contribution < 1.29 is 42.7 Å². The van der Waals surface area contributed by atoms with Gasteiger partial charge in [0, 0.05) is 13.0 Å². The van der Waals surface area contributed by atoms with Crippen molar-refractivity contribution in [2.24, 2.45) is 5.73 Å². The van der Waals surface area contributed by atoms with Crippen molar-refractivity contribution >= 4 is 19.8 Å². The van der Waals surface area contributed by atoms with Gasteiger partial charge in [-0.3, -0.25) is 18.6 Å². The molecule has 0 aromatic heterocycles. The molecule has 0 heterocycles. The Morgan fingerprint density at radius 2 is 1.02 bits per heavy atom. The molecule has 3 atom stereocenters. The summed E-state index contributed by atoms with van der Waals surface area (Å²) in [5, 5.41) is 8.90. The van der Waals surface area contributed by atoms with Gasteiger partial charge in [-0.1, -0.05) is 177 Å². The number of phosphoric acid groups is 1. The highest BCUT2D eigenvalue weighted by molar-refractivity contribution is 7.47. The second kappa shape index (κ2) is 41.8. The van der Waals surface area contributed by atoms with E-state index in [9.17, 15) is 19.0 Å². The van der Waals surface area contributed by atoms with Crippen molar-refractivity contribution in [2.75, 3.05) is 26.4 Å². The van der Waals surface area contributed by atoms with E-state index in [1.54, 1.807) is 0 Å². The zero-order chi connectivity index (χ0) is 41.9. The molecule has 0 aliphatic rings. The number of carboxylic acid groups (broad SMARTS) is 1. The molecule has 0 saturated carbocycles. The maximum atomic E-state index is 12.6. The fraction of sp³-hybridized carbons (Fsp3) is 0.739. The highest BCUT2D eigenvalue weighted by Gasteiger charge is 2.27. The first kappa shape index (κ1) is 54.7. The van der Waals surface area contributed by atoms with Crippen LogP contribution in [0.15, 0.2) is 60.8 Å². The summed E-state index contributed by atoms with van der Waals surface area (Å²) in [6, 6.07) is -1.48. The second-order valence-corrected chi connectivity index (χ2v) is 16.3. The van der Waals surface area contributed by atoms with Crippen LogP contribution in [0.2, 0.25) is 0 Å². The minimum atomic E-state index is -4.62. The summed E-state index contributed by atoms with van der Waals surface area (Å²) >= 11 is 0. The Balaban J connectivity index is 4.23. The van der Waals surface area contributed by atoms with E-state index in [-0.39, 0.29) is 13.0 Å². The SMILES string of the molecule is CC/C=C\C/C=C\C/C=C\C/C=C\C/C=C\CCCCCCCCOCC(COP(=O)(O)OCC(N)C(=O)O)OC(=O)CCCCCCCCCCCCCCC. The van der Waals surface area contributed by atoms with Gasteiger partial charge < -0.3 is 25.2 Å². The topological polar surface area (TPSA) is 155 Å². The van der Waals surface area contributed by atoms with E-state index in [0.29, 0.717) is 13.0 Å².